The number of hydrogen-bond acceptors (Lipinski definition) is 3. The van der Waals surface area contributed by atoms with Crippen LogP contribution in [-0.4, -0.2) is 49.7 Å². The van der Waals surface area contributed by atoms with Gasteiger partial charge in [0.15, 0.2) is 0 Å². The maximum atomic E-state index is 12.3. The molecule has 5 heteroatoms. The monoisotopic (exact) mass is 352 g/mol. The zero-order valence-corrected chi connectivity index (χ0v) is 13.9. The van der Waals surface area contributed by atoms with Crippen LogP contribution in [0.3, 0.4) is 0 Å². The summed E-state index contributed by atoms with van der Waals surface area (Å²) in [6, 6.07) is 6.44. The summed E-state index contributed by atoms with van der Waals surface area (Å²) in [4.78, 5) is 16.6. The molecule has 0 radical (unpaired) electrons. The van der Waals surface area contributed by atoms with Crippen LogP contribution < -0.4 is 4.90 Å². The molecule has 0 aliphatic carbocycles. The molecule has 2 aliphatic rings. The van der Waals surface area contributed by atoms with Crippen molar-refractivity contribution in [3.05, 3.63) is 28.2 Å². The molecule has 114 valence electrons. The van der Waals surface area contributed by atoms with Crippen LogP contribution in [0.5, 0.6) is 0 Å². The Morgan fingerprint density at radius 1 is 1.29 bits per heavy atom. The first-order valence-corrected chi connectivity index (χ1v) is 8.36. The van der Waals surface area contributed by atoms with E-state index in [-0.39, 0.29) is 12.0 Å². The van der Waals surface area contributed by atoms with Crippen molar-refractivity contribution < 1.29 is 9.53 Å². The zero-order valence-electron chi connectivity index (χ0n) is 12.3. The van der Waals surface area contributed by atoms with Gasteiger partial charge in [-0.05, 0) is 37.5 Å². The van der Waals surface area contributed by atoms with Crippen LogP contribution in [0.15, 0.2) is 22.7 Å². The molecule has 0 aromatic heterocycles. The second kappa shape index (κ2) is 6.36. The highest BCUT2D eigenvalue weighted by Gasteiger charge is 2.30. The fourth-order valence-electron chi connectivity index (χ4n) is 2.94. The van der Waals surface area contributed by atoms with E-state index in [2.05, 4.69) is 46.0 Å². The average molecular weight is 353 g/mol. The Hall–Kier alpha value is -1.07. The molecule has 3 rings (SSSR count). The van der Waals surface area contributed by atoms with E-state index in [0.29, 0.717) is 0 Å². The Bertz CT molecular complexity index is 521. The molecular formula is C16H21BrN2O2. The first-order chi connectivity index (χ1) is 10.1. The quantitative estimate of drug-likeness (QED) is 0.819. The molecule has 1 amide bonds. The third-order valence-corrected chi connectivity index (χ3v) is 5.17. The smallest absolute Gasteiger partial charge is 0.251 e. The van der Waals surface area contributed by atoms with E-state index in [4.69, 9.17) is 4.74 Å². The van der Waals surface area contributed by atoms with Crippen molar-refractivity contribution in [2.75, 3.05) is 37.7 Å². The maximum absolute atomic E-state index is 12.3. The lowest BCUT2D eigenvalue weighted by Gasteiger charge is -2.37. The van der Waals surface area contributed by atoms with Crippen molar-refractivity contribution >= 4 is 27.5 Å². The highest BCUT2D eigenvalue weighted by molar-refractivity contribution is 9.10. The number of rotatable bonds is 2. The Balaban J connectivity index is 1.59. The number of nitrogens with zero attached hydrogens (tertiary/aromatic N) is 2. The highest BCUT2D eigenvalue weighted by atomic mass is 79.9. The largest absolute Gasteiger partial charge is 0.368 e. The third-order valence-electron chi connectivity index (χ3n) is 4.32. The third kappa shape index (κ3) is 3.24. The van der Waals surface area contributed by atoms with Gasteiger partial charge in [-0.1, -0.05) is 22.0 Å². The summed E-state index contributed by atoms with van der Waals surface area (Å²) in [5.74, 6) is 0.178. The van der Waals surface area contributed by atoms with Gasteiger partial charge in [0, 0.05) is 42.9 Å². The number of aryl methyl sites for hydroxylation is 1. The Morgan fingerprint density at radius 2 is 2.05 bits per heavy atom. The van der Waals surface area contributed by atoms with Gasteiger partial charge < -0.3 is 14.5 Å². The van der Waals surface area contributed by atoms with Gasteiger partial charge in [0.05, 0.1) is 0 Å². The standard InChI is InChI=1S/C16H21BrN2O2/c1-12-4-5-13(11-14(12)17)18-6-8-19(9-7-18)16(20)15-3-2-10-21-15/h4-5,11,15H,2-3,6-10H2,1H3. The first kappa shape index (κ1) is 14.9. The number of ether oxygens (including phenoxy) is 1. The summed E-state index contributed by atoms with van der Waals surface area (Å²) >= 11 is 3.58. The lowest BCUT2D eigenvalue weighted by atomic mass is 10.1. The Morgan fingerprint density at radius 3 is 2.67 bits per heavy atom. The van der Waals surface area contributed by atoms with Gasteiger partial charge in [-0.15, -0.1) is 0 Å². The predicted molar refractivity (Wildman–Crippen MR) is 86.6 cm³/mol. The van der Waals surface area contributed by atoms with E-state index >= 15 is 0 Å². The number of benzene rings is 1. The van der Waals surface area contributed by atoms with Crippen LogP contribution in [0.1, 0.15) is 18.4 Å². The van der Waals surface area contributed by atoms with Gasteiger partial charge in [0.2, 0.25) is 0 Å². The molecular weight excluding hydrogens is 332 g/mol. The van der Waals surface area contributed by atoms with Gasteiger partial charge in [0.25, 0.3) is 5.91 Å². The second-order valence-corrected chi connectivity index (χ2v) is 6.60. The van der Waals surface area contributed by atoms with Crippen LogP contribution in [0, 0.1) is 6.92 Å². The van der Waals surface area contributed by atoms with E-state index in [9.17, 15) is 4.79 Å². The number of piperazine rings is 1. The number of halogens is 1. The van der Waals surface area contributed by atoms with Crippen LogP contribution >= 0.6 is 15.9 Å². The second-order valence-electron chi connectivity index (χ2n) is 5.75. The normalized spacial score (nSPS) is 22.7. The van der Waals surface area contributed by atoms with Gasteiger partial charge in [0.1, 0.15) is 6.10 Å². The number of amides is 1. The van der Waals surface area contributed by atoms with Crippen LogP contribution in [0.4, 0.5) is 5.69 Å². The summed E-state index contributed by atoms with van der Waals surface area (Å²) in [5.41, 5.74) is 2.46. The lowest BCUT2D eigenvalue weighted by Crippen LogP contribution is -2.51. The summed E-state index contributed by atoms with van der Waals surface area (Å²) in [5, 5.41) is 0. The summed E-state index contributed by atoms with van der Waals surface area (Å²) in [6.45, 7) is 6.15. The molecule has 0 saturated carbocycles. The van der Waals surface area contributed by atoms with Crippen molar-refractivity contribution in [3.63, 3.8) is 0 Å². The molecule has 2 fully saturated rings. The molecule has 0 spiro atoms. The van der Waals surface area contributed by atoms with E-state index in [1.165, 1.54) is 11.3 Å². The molecule has 21 heavy (non-hydrogen) atoms. The van der Waals surface area contributed by atoms with Gasteiger partial charge >= 0.3 is 0 Å². The number of hydrogen-bond donors (Lipinski definition) is 0. The summed E-state index contributed by atoms with van der Waals surface area (Å²) in [6.07, 6.45) is 1.70. The molecule has 4 nitrogen and oxygen atoms in total. The van der Waals surface area contributed by atoms with E-state index in [0.717, 1.165) is 50.1 Å². The summed E-state index contributed by atoms with van der Waals surface area (Å²) in [7, 11) is 0. The van der Waals surface area contributed by atoms with Crippen LogP contribution in [0.25, 0.3) is 0 Å². The zero-order chi connectivity index (χ0) is 14.8. The fourth-order valence-corrected chi connectivity index (χ4v) is 3.31. The highest BCUT2D eigenvalue weighted by Crippen LogP contribution is 2.25. The lowest BCUT2D eigenvalue weighted by molar-refractivity contribution is -0.141. The fraction of sp³-hybridized carbons (Fsp3) is 0.562. The van der Waals surface area contributed by atoms with Crippen molar-refractivity contribution in [3.8, 4) is 0 Å². The molecule has 2 heterocycles. The molecule has 1 atom stereocenters. The average Bonchev–Trinajstić information content (AvgIpc) is 3.04. The Kier molecular flexibility index (Phi) is 4.50. The minimum absolute atomic E-state index is 0.178. The first-order valence-electron chi connectivity index (χ1n) is 7.56. The number of carbonyl (C=O) groups is 1. The van der Waals surface area contributed by atoms with Crippen molar-refractivity contribution in [2.24, 2.45) is 0 Å². The molecule has 0 N–H and O–H groups in total. The Labute approximate surface area is 134 Å². The molecule has 2 aliphatic heterocycles. The molecule has 0 bridgehead atoms. The van der Waals surface area contributed by atoms with Gasteiger partial charge in [-0.25, -0.2) is 0 Å². The minimum atomic E-state index is -0.190. The van der Waals surface area contributed by atoms with Crippen LogP contribution in [-0.2, 0) is 9.53 Å². The van der Waals surface area contributed by atoms with Gasteiger partial charge in [-0.3, -0.25) is 4.79 Å². The van der Waals surface area contributed by atoms with E-state index in [1.807, 2.05) is 4.90 Å². The van der Waals surface area contributed by atoms with E-state index < -0.39 is 0 Å². The van der Waals surface area contributed by atoms with Crippen molar-refractivity contribution in [1.29, 1.82) is 0 Å². The molecule has 1 aromatic carbocycles. The van der Waals surface area contributed by atoms with E-state index in [1.54, 1.807) is 0 Å². The molecule has 2 saturated heterocycles. The maximum Gasteiger partial charge on any atom is 0.251 e. The molecule has 1 unspecified atom stereocenters. The van der Waals surface area contributed by atoms with Crippen LogP contribution in [0.2, 0.25) is 0 Å². The topological polar surface area (TPSA) is 32.8 Å². The summed E-state index contributed by atoms with van der Waals surface area (Å²) < 4.78 is 6.63. The predicted octanol–water partition coefficient (Wildman–Crippen LogP) is 2.59. The number of anilines is 1. The van der Waals surface area contributed by atoms with Crippen molar-refractivity contribution in [2.45, 2.75) is 25.9 Å². The SMILES string of the molecule is Cc1ccc(N2CCN(C(=O)C3CCCO3)CC2)cc1Br. The number of carbonyl (C=O) groups excluding carboxylic acids is 1. The van der Waals surface area contributed by atoms with Crippen molar-refractivity contribution in [1.82, 2.24) is 4.90 Å². The molecule has 1 aromatic rings. The van der Waals surface area contributed by atoms with Gasteiger partial charge in [-0.2, -0.15) is 0 Å². The minimum Gasteiger partial charge on any atom is -0.368 e.